The molecule has 1 aliphatic heterocycles. The third kappa shape index (κ3) is 3.49. The van der Waals surface area contributed by atoms with Gasteiger partial charge in [0.15, 0.2) is 0 Å². The largest absolute Gasteiger partial charge is 0.296 e. The molecule has 3 heterocycles. The standard InChI is InChI=1S/C13H15ClN2O2S3/c14-12-4-3-11(20-12)10-15-5-7-16(8-6-15)21(17,18)13-2-1-9-19-13/h1-4,9H,5-8,10H2. The van der Waals surface area contributed by atoms with Gasteiger partial charge >= 0.3 is 0 Å². The molecule has 8 heteroatoms. The number of nitrogens with zero attached hydrogens (tertiary/aromatic N) is 2. The molecule has 3 rings (SSSR count). The molecule has 1 fully saturated rings. The number of hydrogen-bond acceptors (Lipinski definition) is 5. The molecule has 114 valence electrons. The van der Waals surface area contributed by atoms with Crippen LogP contribution in [0.15, 0.2) is 33.9 Å². The van der Waals surface area contributed by atoms with E-state index in [1.807, 2.05) is 12.1 Å². The fourth-order valence-corrected chi connectivity index (χ4v) is 6.02. The van der Waals surface area contributed by atoms with E-state index >= 15 is 0 Å². The van der Waals surface area contributed by atoms with E-state index in [2.05, 4.69) is 4.90 Å². The summed E-state index contributed by atoms with van der Waals surface area (Å²) in [5.74, 6) is 0. The van der Waals surface area contributed by atoms with Crippen LogP contribution in [0.4, 0.5) is 0 Å². The zero-order valence-corrected chi connectivity index (χ0v) is 14.4. The maximum Gasteiger partial charge on any atom is 0.252 e. The Labute approximate surface area is 137 Å². The molecule has 2 aromatic rings. The first-order chi connectivity index (χ1) is 10.1. The molecule has 21 heavy (non-hydrogen) atoms. The van der Waals surface area contributed by atoms with Gasteiger partial charge in [0.05, 0.1) is 4.34 Å². The molecule has 0 radical (unpaired) electrons. The normalized spacial score (nSPS) is 18.1. The third-order valence-corrected chi connectivity index (χ3v) is 7.92. The number of piperazine rings is 1. The number of rotatable bonds is 4. The van der Waals surface area contributed by atoms with Crippen LogP contribution >= 0.6 is 34.3 Å². The van der Waals surface area contributed by atoms with E-state index in [0.717, 1.165) is 24.0 Å². The predicted molar refractivity (Wildman–Crippen MR) is 87.7 cm³/mol. The van der Waals surface area contributed by atoms with Crippen molar-refractivity contribution in [1.29, 1.82) is 0 Å². The second-order valence-corrected chi connectivity index (χ2v) is 9.73. The monoisotopic (exact) mass is 362 g/mol. The van der Waals surface area contributed by atoms with Gasteiger partial charge in [-0.25, -0.2) is 8.42 Å². The predicted octanol–water partition coefficient (Wildman–Crippen LogP) is 2.97. The Bertz CT molecular complexity index is 689. The number of halogens is 1. The van der Waals surface area contributed by atoms with Gasteiger partial charge in [-0.05, 0) is 23.6 Å². The summed E-state index contributed by atoms with van der Waals surface area (Å²) in [4.78, 5) is 3.48. The average Bonchev–Trinajstić information content (AvgIpc) is 3.11. The first-order valence-corrected chi connectivity index (χ1v) is 10.1. The summed E-state index contributed by atoms with van der Waals surface area (Å²) in [5.41, 5.74) is 0. The van der Waals surface area contributed by atoms with E-state index in [1.54, 1.807) is 33.2 Å². The van der Waals surface area contributed by atoms with Crippen LogP contribution in [0.3, 0.4) is 0 Å². The highest BCUT2D eigenvalue weighted by Gasteiger charge is 2.29. The molecule has 0 saturated carbocycles. The SMILES string of the molecule is O=S(=O)(c1cccs1)N1CCN(Cc2ccc(Cl)s2)CC1. The quantitative estimate of drug-likeness (QED) is 0.839. The van der Waals surface area contributed by atoms with Crippen LogP contribution in [0.1, 0.15) is 4.88 Å². The molecule has 0 N–H and O–H groups in total. The zero-order chi connectivity index (χ0) is 14.9. The van der Waals surface area contributed by atoms with Crippen molar-refractivity contribution in [1.82, 2.24) is 9.21 Å². The maximum absolute atomic E-state index is 12.4. The van der Waals surface area contributed by atoms with Gasteiger partial charge < -0.3 is 0 Å². The molecule has 0 aromatic carbocycles. The number of hydrogen-bond donors (Lipinski definition) is 0. The van der Waals surface area contributed by atoms with Crippen LogP contribution in [0.5, 0.6) is 0 Å². The highest BCUT2D eigenvalue weighted by Crippen LogP contribution is 2.25. The van der Waals surface area contributed by atoms with Gasteiger partial charge in [-0.2, -0.15) is 4.31 Å². The average molecular weight is 363 g/mol. The summed E-state index contributed by atoms with van der Waals surface area (Å²) in [7, 11) is -3.30. The molecule has 2 aromatic heterocycles. The minimum atomic E-state index is -3.30. The molecular weight excluding hydrogens is 348 g/mol. The molecule has 1 saturated heterocycles. The molecule has 0 bridgehead atoms. The summed E-state index contributed by atoms with van der Waals surface area (Å²) in [5, 5.41) is 1.80. The van der Waals surface area contributed by atoms with E-state index in [4.69, 9.17) is 11.6 Å². The van der Waals surface area contributed by atoms with Crippen molar-refractivity contribution in [2.45, 2.75) is 10.8 Å². The Hall–Kier alpha value is -0.440. The van der Waals surface area contributed by atoms with E-state index in [9.17, 15) is 8.42 Å². The Kier molecular flexibility index (Phi) is 4.68. The summed E-state index contributed by atoms with van der Waals surface area (Å²) < 4.78 is 27.6. The summed E-state index contributed by atoms with van der Waals surface area (Å²) in [6.45, 7) is 3.42. The van der Waals surface area contributed by atoms with Gasteiger partial charge in [0.1, 0.15) is 4.21 Å². The zero-order valence-electron chi connectivity index (χ0n) is 11.2. The van der Waals surface area contributed by atoms with Crippen molar-refractivity contribution in [2.75, 3.05) is 26.2 Å². The molecule has 0 spiro atoms. The second kappa shape index (κ2) is 6.36. The Morgan fingerprint density at radius 3 is 2.48 bits per heavy atom. The Morgan fingerprint density at radius 1 is 1.14 bits per heavy atom. The minimum absolute atomic E-state index is 0.431. The van der Waals surface area contributed by atoms with Crippen molar-refractivity contribution >= 4 is 44.3 Å². The topological polar surface area (TPSA) is 40.6 Å². The number of sulfonamides is 1. The lowest BCUT2D eigenvalue weighted by molar-refractivity contribution is 0.183. The van der Waals surface area contributed by atoms with E-state index in [0.29, 0.717) is 17.3 Å². The van der Waals surface area contributed by atoms with Crippen LogP contribution < -0.4 is 0 Å². The second-order valence-electron chi connectivity index (χ2n) is 4.82. The van der Waals surface area contributed by atoms with Crippen LogP contribution in [-0.4, -0.2) is 43.8 Å². The first kappa shape index (κ1) is 15.5. The van der Waals surface area contributed by atoms with Gasteiger partial charge in [-0.3, -0.25) is 4.90 Å². The fourth-order valence-electron chi connectivity index (χ4n) is 2.32. The Morgan fingerprint density at radius 2 is 1.90 bits per heavy atom. The lowest BCUT2D eigenvalue weighted by atomic mass is 10.3. The van der Waals surface area contributed by atoms with Crippen molar-refractivity contribution in [2.24, 2.45) is 0 Å². The third-order valence-electron chi connectivity index (χ3n) is 3.43. The van der Waals surface area contributed by atoms with Crippen molar-refractivity contribution in [3.05, 3.63) is 38.9 Å². The van der Waals surface area contributed by atoms with Gasteiger partial charge in [0.25, 0.3) is 10.0 Å². The molecule has 1 aliphatic rings. The molecule has 0 unspecified atom stereocenters. The minimum Gasteiger partial charge on any atom is -0.296 e. The van der Waals surface area contributed by atoms with Gasteiger partial charge in [-0.15, -0.1) is 22.7 Å². The van der Waals surface area contributed by atoms with E-state index in [1.165, 1.54) is 16.2 Å². The van der Waals surface area contributed by atoms with Crippen molar-refractivity contribution in [3.8, 4) is 0 Å². The van der Waals surface area contributed by atoms with Gasteiger partial charge in [-0.1, -0.05) is 17.7 Å². The maximum atomic E-state index is 12.4. The smallest absolute Gasteiger partial charge is 0.252 e. The van der Waals surface area contributed by atoms with Gasteiger partial charge in [0.2, 0.25) is 0 Å². The molecule has 0 amide bonds. The molecule has 0 atom stereocenters. The Balaban J connectivity index is 1.60. The lowest BCUT2D eigenvalue weighted by Crippen LogP contribution is -2.47. The fraction of sp³-hybridized carbons (Fsp3) is 0.385. The van der Waals surface area contributed by atoms with Crippen molar-refractivity contribution in [3.63, 3.8) is 0 Å². The van der Waals surface area contributed by atoms with E-state index < -0.39 is 10.0 Å². The van der Waals surface area contributed by atoms with E-state index in [-0.39, 0.29) is 0 Å². The van der Waals surface area contributed by atoms with Crippen LogP contribution in [0.2, 0.25) is 4.34 Å². The number of thiophene rings is 2. The lowest BCUT2D eigenvalue weighted by Gasteiger charge is -2.33. The molecule has 0 aliphatic carbocycles. The summed E-state index contributed by atoms with van der Waals surface area (Å²) in [6, 6.07) is 7.37. The molecular formula is C13H15ClN2O2S3. The van der Waals surface area contributed by atoms with Crippen molar-refractivity contribution < 1.29 is 8.42 Å². The van der Waals surface area contributed by atoms with Crippen LogP contribution in [0.25, 0.3) is 0 Å². The van der Waals surface area contributed by atoms with Gasteiger partial charge in [0, 0.05) is 37.6 Å². The highest BCUT2D eigenvalue weighted by atomic mass is 35.5. The summed E-state index contributed by atoms with van der Waals surface area (Å²) in [6.07, 6.45) is 0. The van der Waals surface area contributed by atoms with Crippen LogP contribution in [-0.2, 0) is 16.6 Å². The highest BCUT2D eigenvalue weighted by molar-refractivity contribution is 7.91. The molecule has 4 nitrogen and oxygen atoms in total. The van der Waals surface area contributed by atoms with Crippen LogP contribution in [0, 0.1) is 0 Å². The summed E-state index contributed by atoms with van der Waals surface area (Å²) >= 11 is 8.78. The first-order valence-electron chi connectivity index (χ1n) is 6.56.